The Hall–Kier alpha value is -1.46. The van der Waals surface area contributed by atoms with Crippen LogP contribution >= 0.6 is 0 Å². The first kappa shape index (κ1) is 12.0. The molecule has 0 bridgehead atoms. The molecule has 0 aliphatic heterocycles. The number of aliphatic hydroxyl groups excluding tert-OH is 1. The summed E-state index contributed by atoms with van der Waals surface area (Å²) in [4.78, 5) is 0. The lowest BCUT2D eigenvalue weighted by atomic mass is 9.96. The normalized spacial score (nSPS) is 14.2. The first-order chi connectivity index (χ1) is 7.93. The molecule has 0 aromatic carbocycles. The predicted octanol–water partition coefficient (Wildman–Crippen LogP) is 1.02. The Morgan fingerprint density at radius 3 is 2.65 bits per heavy atom. The predicted molar refractivity (Wildman–Crippen MR) is 65.7 cm³/mol. The molecule has 1 unspecified atom stereocenters. The Morgan fingerprint density at radius 2 is 2.06 bits per heavy atom. The van der Waals surface area contributed by atoms with Crippen molar-refractivity contribution in [2.75, 3.05) is 6.54 Å². The topological polar surface area (TPSA) is 76.4 Å². The lowest BCUT2D eigenvalue weighted by molar-refractivity contribution is 0.186. The van der Waals surface area contributed by atoms with Crippen molar-refractivity contribution in [3.8, 4) is 0 Å². The molecule has 17 heavy (non-hydrogen) atoms. The molecule has 2 aromatic heterocycles. The second-order valence-electron chi connectivity index (χ2n) is 5.22. The van der Waals surface area contributed by atoms with Gasteiger partial charge in [-0.05, 0) is 11.6 Å². The van der Waals surface area contributed by atoms with E-state index in [0.29, 0.717) is 0 Å². The van der Waals surface area contributed by atoms with E-state index in [9.17, 15) is 5.11 Å². The third kappa shape index (κ3) is 2.16. The van der Waals surface area contributed by atoms with Crippen molar-refractivity contribution in [3.05, 3.63) is 29.7 Å². The third-order valence-corrected chi connectivity index (χ3v) is 2.70. The highest BCUT2D eigenvalue weighted by atomic mass is 16.3. The third-order valence-electron chi connectivity index (χ3n) is 2.70. The van der Waals surface area contributed by atoms with E-state index in [2.05, 4.69) is 31.0 Å². The average Bonchev–Trinajstić information content (AvgIpc) is 2.70. The molecule has 0 radical (unpaired) electrons. The molecule has 5 heteroatoms. The molecular formula is C12H18N4O. The first-order valence-electron chi connectivity index (χ1n) is 5.67. The van der Waals surface area contributed by atoms with Gasteiger partial charge in [-0.1, -0.05) is 26.8 Å². The van der Waals surface area contributed by atoms with Gasteiger partial charge in [0.15, 0.2) is 5.65 Å². The Kier molecular flexibility index (Phi) is 2.89. The lowest BCUT2D eigenvalue weighted by Gasteiger charge is -2.16. The zero-order chi connectivity index (χ0) is 12.6. The minimum atomic E-state index is -0.644. The summed E-state index contributed by atoms with van der Waals surface area (Å²) >= 11 is 0. The van der Waals surface area contributed by atoms with Gasteiger partial charge in [0.2, 0.25) is 0 Å². The summed E-state index contributed by atoms with van der Waals surface area (Å²) in [6, 6.07) is 3.67. The number of pyridine rings is 1. The Labute approximate surface area is 100 Å². The minimum absolute atomic E-state index is 0.0916. The van der Waals surface area contributed by atoms with Gasteiger partial charge in [-0.2, -0.15) is 0 Å². The van der Waals surface area contributed by atoms with Gasteiger partial charge in [0.1, 0.15) is 5.82 Å². The van der Waals surface area contributed by atoms with E-state index < -0.39 is 6.10 Å². The molecule has 0 saturated carbocycles. The zero-order valence-corrected chi connectivity index (χ0v) is 10.4. The largest absolute Gasteiger partial charge is 0.387 e. The number of nitrogens with two attached hydrogens (primary N) is 1. The second kappa shape index (κ2) is 4.09. The van der Waals surface area contributed by atoms with Gasteiger partial charge in [0.05, 0.1) is 6.10 Å². The number of nitrogens with zero attached hydrogens (tertiary/aromatic N) is 3. The summed E-state index contributed by atoms with van der Waals surface area (Å²) in [5, 5.41) is 18.0. The maximum atomic E-state index is 9.74. The molecule has 0 spiro atoms. The first-order valence-corrected chi connectivity index (χ1v) is 5.67. The Bertz CT molecular complexity index is 527. The van der Waals surface area contributed by atoms with Crippen molar-refractivity contribution in [3.63, 3.8) is 0 Å². The van der Waals surface area contributed by atoms with Crippen LogP contribution in [0.1, 0.15) is 38.3 Å². The van der Waals surface area contributed by atoms with Crippen LogP contribution in [0.3, 0.4) is 0 Å². The summed E-state index contributed by atoms with van der Waals surface area (Å²) in [6.07, 6.45) is 1.21. The molecule has 0 fully saturated rings. The zero-order valence-electron chi connectivity index (χ0n) is 10.4. The number of fused-ring (bicyclic) bond motifs is 1. The summed E-state index contributed by atoms with van der Waals surface area (Å²) < 4.78 is 1.91. The molecule has 0 aliphatic carbocycles. The van der Waals surface area contributed by atoms with E-state index in [0.717, 1.165) is 17.0 Å². The fourth-order valence-corrected chi connectivity index (χ4v) is 1.75. The molecule has 0 amide bonds. The number of aliphatic hydroxyl groups is 1. The fraction of sp³-hybridized carbons (Fsp3) is 0.500. The number of rotatable bonds is 2. The van der Waals surface area contributed by atoms with Crippen LogP contribution in [0, 0.1) is 0 Å². The summed E-state index contributed by atoms with van der Waals surface area (Å²) in [7, 11) is 0. The van der Waals surface area contributed by atoms with Crippen LogP contribution in [-0.4, -0.2) is 26.2 Å². The van der Waals surface area contributed by atoms with Gasteiger partial charge in [-0.3, -0.25) is 4.40 Å². The van der Waals surface area contributed by atoms with Gasteiger partial charge in [-0.25, -0.2) is 0 Å². The molecule has 2 heterocycles. The molecular weight excluding hydrogens is 216 g/mol. The molecule has 2 aromatic rings. The average molecular weight is 234 g/mol. The summed E-state index contributed by atoms with van der Waals surface area (Å²) in [5.74, 6) is 0.874. The lowest BCUT2D eigenvalue weighted by Crippen LogP contribution is -2.17. The van der Waals surface area contributed by atoms with Crippen LogP contribution in [-0.2, 0) is 5.41 Å². The van der Waals surface area contributed by atoms with Crippen molar-refractivity contribution in [1.29, 1.82) is 0 Å². The summed E-state index contributed by atoms with van der Waals surface area (Å²) in [6.45, 7) is 6.44. The van der Waals surface area contributed by atoms with Crippen molar-refractivity contribution < 1.29 is 5.11 Å². The van der Waals surface area contributed by atoms with Crippen molar-refractivity contribution in [1.82, 2.24) is 14.6 Å². The molecule has 3 N–H and O–H groups in total. The fourth-order valence-electron chi connectivity index (χ4n) is 1.75. The van der Waals surface area contributed by atoms with Crippen LogP contribution in [0.4, 0.5) is 0 Å². The molecule has 0 aliphatic rings. The molecule has 0 saturated heterocycles. The van der Waals surface area contributed by atoms with Crippen LogP contribution in [0.2, 0.25) is 0 Å². The van der Waals surface area contributed by atoms with Crippen molar-refractivity contribution >= 4 is 5.65 Å². The Balaban J connectivity index is 2.58. The van der Waals surface area contributed by atoms with Gasteiger partial charge in [0.25, 0.3) is 0 Å². The number of hydrogen-bond acceptors (Lipinski definition) is 4. The monoisotopic (exact) mass is 234 g/mol. The Morgan fingerprint density at radius 1 is 1.35 bits per heavy atom. The quantitative estimate of drug-likeness (QED) is 0.813. The van der Waals surface area contributed by atoms with E-state index in [4.69, 9.17) is 5.73 Å². The maximum Gasteiger partial charge on any atom is 0.160 e. The maximum absolute atomic E-state index is 9.74. The van der Waals surface area contributed by atoms with Crippen LogP contribution in [0.15, 0.2) is 18.3 Å². The van der Waals surface area contributed by atoms with Crippen LogP contribution in [0.25, 0.3) is 5.65 Å². The van der Waals surface area contributed by atoms with Gasteiger partial charge in [0, 0.05) is 18.2 Å². The highest BCUT2D eigenvalue weighted by molar-refractivity contribution is 5.41. The van der Waals surface area contributed by atoms with E-state index in [1.54, 1.807) is 0 Å². The van der Waals surface area contributed by atoms with Gasteiger partial charge < -0.3 is 10.8 Å². The smallest absolute Gasteiger partial charge is 0.160 e. The van der Waals surface area contributed by atoms with Gasteiger partial charge in [-0.15, -0.1) is 10.2 Å². The highest BCUT2D eigenvalue weighted by Gasteiger charge is 2.21. The summed E-state index contributed by atoms with van der Waals surface area (Å²) in [5.41, 5.74) is 6.93. The highest BCUT2D eigenvalue weighted by Crippen LogP contribution is 2.22. The molecule has 92 valence electrons. The molecule has 2 rings (SSSR count). The van der Waals surface area contributed by atoms with E-state index in [1.165, 1.54) is 0 Å². The second-order valence-corrected chi connectivity index (χ2v) is 5.22. The van der Waals surface area contributed by atoms with E-state index >= 15 is 0 Å². The minimum Gasteiger partial charge on any atom is -0.387 e. The van der Waals surface area contributed by atoms with E-state index in [1.807, 2.05) is 22.7 Å². The SMILES string of the molecule is CC(C)(C)c1nnc2ccc(C(O)CN)cn12. The van der Waals surface area contributed by atoms with E-state index in [-0.39, 0.29) is 12.0 Å². The van der Waals surface area contributed by atoms with Crippen LogP contribution < -0.4 is 5.73 Å². The van der Waals surface area contributed by atoms with Crippen molar-refractivity contribution in [2.45, 2.75) is 32.3 Å². The number of aromatic nitrogens is 3. The van der Waals surface area contributed by atoms with Crippen LogP contribution in [0.5, 0.6) is 0 Å². The molecule has 5 nitrogen and oxygen atoms in total. The molecule has 1 atom stereocenters. The number of hydrogen-bond donors (Lipinski definition) is 2. The standard InChI is InChI=1S/C12H18N4O/c1-12(2,3)11-15-14-10-5-4-8(7-16(10)11)9(17)6-13/h4-5,7,9,17H,6,13H2,1-3H3. The van der Waals surface area contributed by atoms with Crippen molar-refractivity contribution in [2.24, 2.45) is 5.73 Å². The van der Waals surface area contributed by atoms with Gasteiger partial charge >= 0.3 is 0 Å².